The predicted molar refractivity (Wildman–Crippen MR) is 110 cm³/mol. The molecule has 1 fully saturated rings. The molecule has 154 valence electrons. The monoisotopic (exact) mass is 407 g/mol. The molecular formula is C22H22FN5O2. The van der Waals surface area contributed by atoms with Crippen LogP contribution < -0.4 is 10.6 Å². The number of anilines is 1. The average Bonchev–Trinajstić information content (AvgIpc) is 3.38. The van der Waals surface area contributed by atoms with E-state index in [1.54, 1.807) is 43.3 Å². The lowest BCUT2D eigenvalue weighted by Crippen LogP contribution is -2.33. The van der Waals surface area contributed by atoms with E-state index in [0.29, 0.717) is 22.8 Å². The largest absolute Gasteiger partial charge is 0.349 e. The van der Waals surface area contributed by atoms with Gasteiger partial charge in [-0.1, -0.05) is 25.0 Å². The summed E-state index contributed by atoms with van der Waals surface area (Å²) in [6.45, 7) is 1.70. The number of hydrogen-bond donors (Lipinski definition) is 2. The van der Waals surface area contributed by atoms with Gasteiger partial charge >= 0.3 is 0 Å². The molecule has 7 nitrogen and oxygen atoms in total. The molecule has 2 aromatic carbocycles. The Morgan fingerprint density at radius 2 is 1.73 bits per heavy atom. The molecule has 1 heterocycles. The van der Waals surface area contributed by atoms with E-state index in [-0.39, 0.29) is 23.6 Å². The van der Waals surface area contributed by atoms with Crippen LogP contribution in [0, 0.1) is 12.7 Å². The molecule has 2 amide bonds. The van der Waals surface area contributed by atoms with E-state index in [2.05, 4.69) is 20.7 Å². The molecule has 2 N–H and O–H groups in total. The topological polar surface area (TPSA) is 88.9 Å². The molecular weight excluding hydrogens is 385 g/mol. The lowest BCUT2D eigenvalue weighted by molar-refractivity contribution is 0.0938. The maximum atomic E-state index is 13.2. The average molecular weight is 407 g/mol. The van der Waals surface area contributed by atoms with E-state index >= 15 is 0 Å². The van der Waals surface area contributed by atoms with Gasteiger partial charge in [0.2, 0.25) is 5.82 Å². The number of nitrogens with zero attached hydrogens (tertiary/aromatic N) is 3. The van der Waals surface area contributed by atoms with Gasteiger partial charge in [0, 0.05) is 6.04 Å². The molecule has 4 rings (SSSR count). The van der Waals surface area contributed by atoms with E-state index in [4.69, 9.17) is 0 Å². The number of carbonyl (C=O) groups excluding carboxylic acids is 2. The van der Waals surface area contributed by atoms with Crippen LogP contribution in [-0.2, 0) is 0 Å². The van der Waals surface area contributed by atoms with Crippen molar-refractivity contribution in [2.45, 2.75) is 38.6 Å². The lowest BCUT2D eigenvalue weighted by atomic mass is 10.1. The maximum absolute atomic E-state index is 13.2. The van der Waals surface area contributed by atoms with E-state index < -0.39 is 5.91 Å². The number of aromatic nitrogens is 3. The molecule has 0 unspecified atom stereocenters. The second-order valence-electron chi connectivity index (χ2n) is 7.33. The van der Waals surface area contributed by atoms with Gasteiger partial charge in [0.15, 0.2) is 0 Å². The van der Waals surface area contributed by atoms with Gasteiger partial charge in [-0.05, 0) is 56.2 Å². The molecule has 1 saturated carbocycles. The van der Waals surface area contributed by atoms with Crippen molar-refractivity contribution < 1.29 is 14.0 Å². The summed E-state index contributed by atoms with van der Waals surface area (Å²) >= 11 is 0. The first-order valence-corrected chi connectivity index (χ1v) is 9.92. The van der Waals surface area contributed by atoms with Gasteiger partial charge in [-0.25, -0.2) is 14.1 Å². The lowest BCUT2D eigenvalue weighted by Gasteiger charge is -2.14. The zero-order chi connectivity index (χ0) is 21.1. The van der Waals surface area contributed by atoms with Crippen molar-refractivity contribution in [3.63, 3.8) is 0 Å². The molecule has 0 saturated heterocycles. The summed E-state index contributed by atoms with van der Waals surface area (Å²) in [6.07, 6.45) is 4.19. The van der Waals surface area contributed by atoms with Crippen LogP contribution in [0.15, 0.2) is 48.5 Å². The van der Waals surface area contributed by atoms with Crippen LogP contribution in [0.5, 0.6) is 0 Å². The number of rotatable bonds is 5. The van der Waals surface area contributed by atoms with Gasteiger partial charge in [0.1, 0.15) is 11.6 Å². The molecule has 0 radical (unpaired) electrons. The van der Waals surface area contributed by atoms with Crippen LogP contribution in [0.3, 0.4) is 0 Å². The van der Waals surface area contributed by atoms with Crippen LogP contribution in [0.4, 0.5) is 10.1 Å². The van der Waals surface area contributed by atoms with Crippen molar-refractivity contribution in [2.75, 3.05) is 5.32 Å². The fourth-order valence-electron chi connectivity index (χ4n) is 3.61. The highest BCUT2D eigenvalue weighted by molar-refractivity contribution is 6.07. The number of benzene rings is 2. The van der Waals surface area contributed by atoms with Crippen LogP contribution in [-0.4, -0.2) is 32.6 Å². The Bertz CT molecular complexity index is 1070. The number of nitrogens with one attached hydrogen (secondary N) is 2. The number of halogens is 1. The Morgan fingerprint density at radius 1 is 1.03 bits per heavy atom. The summed E-state index contributed by atoms with van der Waals surface area (Å²) in [5.74, 6) is -0.650. The van der Waals surface area contributed by atoms with Crippen molar-refractivity contribution >= 4 is 17.5 Å². The van der Waals surface area contributed by atoms with Gasteiger partial charge in [-0.3, -0.25) is 9.59 Å². The van der Waals surface area contributed by atoms with Gasteiger partial charge in [-0.2, -0.15) is 0 Å². The summed E-state index contributed by atoms with van der Waals surface area (Å²) in [5.41, 5.74) is 1.39. The minimum absolute atomic E-state index is 0.0390. The van der Waals surface area contributed by atoms with Crippen LogP contribution >= 0.6 is 0 Å². The number of aryl methyl sites for hydroxylation is 1. The zero-order valence-corrected chi connectivity index (χ0v) is 16.6. The van der Waals surface area contributed by atoms with Crippen LogP contribution in [0.2, 0.25) is 0 Å². The molecule has 0 spiro atoms. The predicted octanol–water partition coefficient (Wildman–Crippen LogP) is 3.64. The smallest absolute Gasteiger partial charge is 0.295 e. The molecule has 1 aliphatic carbocycles. The molecule has 0 aliphatic heterocycles. The van der Waals surface area contributed by atoms with Crippen molar-refractivity contribution in [1.82, 2.24) is 20.1 Å². The number of hydrogen-bond acceptors (Lipinski definition) is 4. The standard InChI is InChI=1S/C22H22FN5O2/c1-14-24-20(27-28(14)17-12-10-15(23)11-13-17)22(30)26-19-9-5-4-8-18(19)21(29)25-16-6-2-3-7-16/h4-5,8-13,16H,2-3,6-7H2,1H3,(H,25,29)(H,26,30). The summed E-state index contributed by atoms with van der Waals surface area (Å²) in [4.78, 5) is 29.6. The SMILES string of the molecule is Cc1nc(C(=O)Nc2ccccc2C(=O)NC2CCCC2)nn1-c1ccc(F)cc1. The van der Waals surface area contributed by atoms with Gasteiger partial charge < -0.3 is 10.6 Å². The van der Waals surface area contributed by atoms with Crippen LogP contribution in [0.1, 0.15) is 52.5 Å². The molecule has 1 aliphatic rings. The Morgan fingerprint density at radius 3 is 2.47 bits per heavy atom. The highest BCUT2D eigenvalue weighted by Crippen LogP contribution is 2.21. The Balaban J connectivity index is 1.52. The number of carbonyl (C=O) groups is 2. The highest BCUT2D eigenvalue weighted by Gasteiger charge is 2.21. The number of para-hydroxylation sites is 1. The summed E-state index contributed by atoms with van der Waals surface area (Å²) in [5, 5.41) is 10.0. The molecule has 0 atom stereocenters. The molecule has 1 aromatic heterocycles. The Hall–Kier alpha value is -3.55. The minimum atomic E-state index is -0.528. The fourth-order valence-corrected chi connectivity index (χ4v) is 3.61. The van der Waals surface area contributed by atoms with Crippen molar-refractivity contribution in [3.05, 3.63) is 71.6 Å². The third-order valence-corrected chi connectivity index (χ3v) is 5.15. The molecule has 3 aromatic rings. The first kappa shape index (κ1) is 19.8. The van der Waals surface area contributed by atoms with E-state index in [0.717, 1.165) is 25.7 Å². The Kier molecular flexibility index (Phi) is 5.56. The van der Waals surface area contributed by atoms with Gasteiger partial charge in [-0.15, -0.1) is 5.10 Å². The summed E-state index contributed by atoms with van der Waals surface area (Å²) in [6, 6.07) is 12.8. The van der Waals surface area contributed by atoms with Crippen molar-refractivity contribution in [3.8, 4) is 5.69 Å². The third-order valence-electron chi connectivity index (χ3n) is 5.15. The van der Waals surface area contributed by atoms with E-state index in [9.17, 15) is 14.0 Å². The first-order valence-electron chi connectivity index (χ1n) is 9.92. The number of amides is 2. The van der Waals surface area contributed by atoms with E-state index in [1.807, 2.05) is 0 Å². The normalized spacial score (nSPS) is 13.9. The van der Waals surface area contributed by atoms with Crippen LogP contribution in [0.25, 0.3) is 5.69 Å². The highest BCUT2D eigenvalue weighted by atomic mass is 19.1. The van der Waals surface area contributed by atoms with Gasteiger partial charge in [0.25, 0.3) is 11.8 Å². The summed E-state index contributed by atoms with van der Waals surface area (Å²) < 4.78 is 14.6. The van der Waals surface area contributed by atoms with Crippen molar-refractivity contribution in [2.24, 2.45) is 0 Å². The third kappa shape index (κ3) is 4.22. The molecule has 0 bridgehead atoms. The molecule has 30 heavy (non-hydrogen) atoms. The second kappa shape index (κ2) is 8.44. The summed E-state index contributed by atoms with van der Waals surface area (Å²) in [7, 11) is 0. The first-order chi connectivity index (χ1) is 14.5. The second-order valence-corrected chi connectivity index (χ2v) is 7.33. The van der Waals surface area contributed by atoms with Crippen molar-refractivity contribution in [1.29, 1.82) is 0 Å². The quantitative estimate of drug-likeness (QED) is 0.676. The molecule has 8 heteroatoms. The maximum Gasteiger partial charge on any atom is 0.295 e. The van der Waals surface area contributed by atoms with E-state index in [1.165, 1.54) is 16.8 Å². The zero-order valence-electron chi connectivity index (χ0n) is 16.6. The fraction of sp³-hybridized carbons (Fsp3) is 0.273. The minimum Gasteiger partial charge on any atom is -0.349 e. The van der Waals surface area contributed by atoms with Gasteiger partial charge in [0.05, 0.1) is 16.9 Å². The Labute approximate surface area is 173 Å².